The van der Waals surface area contributed by atoms with E-state index in [4.69, 9.17) is 11.6 Å². The normalized spacial score (nSPS) is 14.2. The van der Waals surface area contributed by atoms with Gasteiger partial charge >= 0.3 is 0 Å². The minimum absolute atomic E-state index is 0.0782. The highest BCUT2D eigenvalue weighted by atomic mass is 35.5. The van der Waals surface area contributed by atoms with Gasteiger partial charge in [0.05, 0.1) is 5.69 Å². The smallest absolute Gasteiger partial charge is 0.239 e. The Morgan fingerprint density at radius 3 is 2.50 bits per heavy atom. The van der Waals surface area contributed by atoms with Crippen LogP contribution >= 0.6 is 11.6 Å². The van der Waals surface area contributed by atoms with E-state index in [0.717, 1.165) is 44.2 Å². The molecule has 1 fully saturated rings. The van der Waals surface area contributed by atoms with Crippen molar-refractivity contribution in [2.75, 3.05) is 44.2 Å². The Balaban J connectivity index is 1.18. The molecule has 1 aliphatic heterocycles. The molecule has 0 radical (unpaired) electrons. The van der Waals surface area contributed by atoms with Crippen molar-refractivity contribution >= 4 is 29.0 Å². The number of amides is 1. The SMILES string of the molecule is Cc1ccc(Cl)cc1N1CCN(CCCNC(=O)Cn2cccc2C(=O)c2ccccc2)CC1. The number of benzene rings is 2. The van der Waals surface area contributed by atoms with Crippen LogP contribution in [0.1, 0.15) is 28.0 Å². The van der Waals surface area contributed by atoms with Crippen LogP contribution in [0.2, 0.25) is 5.02 Å². The summed E-state index contributed by atoms with van der Waals surface area (Å²) in [5.41, 5.74) is 3.61. The number of aromatic nitrogens is 1. The average molecular weight is 479 g/mol. The van der Waals surface area contributed by atoms with Crippen molar-refractivity contribution in [1.29, 1.82) is 0 Å². The van der Waals surface area contributed by atoms with Crippen LogP contribution in [-0.2, 0) is 11.3 Å². The van der Waals surface area contributed by atoms with Gasteiger partial charge in [-0.05, 0) is 49.7 Å². The van der Waals surface area contributed by atoms with E-state index >= 15 is 0 Å². The first-order valence-electron chi connectivity index (χ1n) is 11.8. The highest BCUT2D eigenvalue weighted by molar-refractivity contribution is 6.30. The summed E-state index contributed by atoms with van der Waals surface area (Å²) < 4.78 is 1.71. The monoisotopic (exact) mass is 478 g/mol. The molecule has 6 nitrogen and oxygen atoms in total. The molecule has 1 aromatic heterocycles. The molecular formula is C27H31ClN4O2. The number of nitrogens with one attached hydrogen (secondary N) is 1. The highest BCUT2D eigenvalue weighted by Gasteiger charge is 2.19. The lowest BCUT2D eigenvalue weighted by molar-refractivity contribution is -0.121. The zero-order valence-corrected chi connectivity index (χ0v) is 20.3. The van der Waals surface area contributed by atoms with Gasteiger partial charge in [0.1, 0.15) is 6.54 Å². The van der Waals surface area contributed by atoms with Crippen molar-refractivity contribution in [3.8, 4) is 0 Å². The second-order valence-electron chi connectivity index (χ2n) is 8.68. The molecule has 4 rings (SSSR count). The van der Waals surface area contributed by atoms with Gasteiger partial charge in [-0.3, -0.25) is 14.5 Å². The predicted molar refractivity (Wildman–Crippen MR) is 137 cm³/mol. The molecule has 0 atom stereocenters. The first kappa shape index (κ1) is 24.0. The van der Waals surface area contributed by atoms with Crippen molar-refractivity contribution in [1.82, 2.24) is 14.8 Å². The van der Waals surface area contributed by atoms with E-state index in [9.17, 15) is 9.59 Å². The fourth-order valence-corrected chi connectivity index (χ4v) is 4.54. The summed E-state index contributed by atoms with van der Waals surface area (Å²) in [6.45, 7) is 7.76. The van der Waals surface area contributed by atoms with Gasteiger partial charge in [0.25, 0.3) is 0 Å². The Morgan fingerprint density at radius 2 is 1.74 bits per heavy atom. The molecule has 0 spiro atoms. The van der Waals surface area contributed by atoms with Gasteiger partial charge in [-0.15, -0.1) is 0 Å². The zero-order valence-electron chi connectivity index (χ0n) is 19.5. The van der Waals surface area contributed by atoms with Gasteiger partial charge in [-0.2, -0.15) is 0 Å². The molecule has 0 saturated carbocycles. The molecule has 3 aromatic rings. The fraction of sp³-hybridized carbons (Fsp3) is 0.333. The maximum Gasteiger partial charge on any atom is 0.239 e. The quantitative estimate of drug-likeness (QED) is 0.373. The molecule has 1 N–H and O–H groups in total. The molecule has 1 amide bonds. The molecule has 1 aliphatic rings. The third kappa shape index (κ3) is 6.07. The van der Waals surface area contributed by atoms with Crippen molar-refractivity contribution in [2.45, 2.75) is 19.9 Å². The van der Waals surface area contributed by atoms with Gasteiger partial charge in [0.15, 0.2) is 0 Å². The van der Waals surface area contributed by atoms with Crippen molar-refractivity contribution in [3.05, 3.63) is 88.7 Å². The van der Waals surface area contributed by atoms with E-state index in [2.05, 4.69) is 28.1 Å². The van der Waals surface area contributed by atoms with Crippen LogP contribution in [0.15, 0.2) is 66.9 Å². The van der Waals surface area contributed by atoms with Crippen LogP contribution in [0.3, 0.4) is 0 Å². The summed E-state index contributed by atoms with van der Waals surface area (Å²) in [6.07, 6.45) is 2.67. The average Bonchev–Trinajstić information content (AvgIpc) is 3.32. The van der Waals surface area contributed by atoms with Gasteiger partial charge in [0, 0.05) is 55.2 Å². The lowest BCUT2D eigenvalue weighted by Crippen LogP contribution is -2.47. The minimum Gasteiger partial charge on any atom is -0.369 e. The van der Waals surface area contributed by atoms with Crippen molar-refractivity contribution < 1.29 is 9.59 Å². The number of hydrogen-bond acceptors (Lipinski definition) is 4. The van der Waals surface area contributed by atoms with Crippen LogP contribution in [0.4, 0.5) is 5.69 Å². The second kappa shape index (κ2) is 11.4. The molecule has 178 valence electrons. The van der Waals surface area contributed by atoms with Crippen LogP contribution in [0.5, 0.6) is 0 Å². The molecule has 1 saturated heterocycles. The van der Waals surface area contributed by atoms with E-state index in [1.54, 1.807) is 35.0 Å². The van der Waals surface area contributed by atoms with Crippen LogP contribution in [-0.4, -0.2) is 60.4 Å². The molecule has 2 aromatic carbocycles. The number of ketones is 1. The molecule has 34 heavy (non-hydrogen) atoms. The second-order valence-corrected chi connectivity index (χ2v) is 9.12. The molecule has 2 heterocycles. The summed E-state index contributed by atoms with van der Waals surface area (Å²) in [6, 6.07) is 18.7. The summed E-state index contributed by atoms with van der Waals surface area (Å²) in [4.78, 5) is 30.0. The van der Waals surface area contributed by atoms with Gasteiger partial charge in [-0.1, -0.05) is 48.0 Å². The number of rotatable bonds is 9. The summed E-state index contributed by atoms with van der Waals surface area (Å²) in [5, 5.41) is 3.77. The van der Waals surface area contributed by atoms with Gasteiger partial charge < -0.3 is 14.8 Å². The van der Waals surface area contributed by atoms with Crippen LogP contribution in [0.25, 0.3) is 0 Å². The first-order valence-corrected chi connectivity index (χ1v) is 12.1. The van der Waals surface area contributed by atoms with Gasteiger partial charge in [-0.25, -0.2) is 0 Å². The zero-order chi connectivity index (χ0) is 23.9. The Bertz CT molecular complexity index is 1120. The molecule has 0 bridgehead atoms. The topological polar surface area (TPSA) is 57.6 Å². The summed E-state index contributed by atoms with van der Waals surface area (Å²) >= 11 is 6.18. The Hall–Kier alpha value is -3.09. The largest absolute Gasteiger partial charge is 0.369 e. The number of anilines is 1. The number of hydrogen-bond donors (Lipinski definition) is 1. The van der Waals surface area contributed by atoms with E-state index in [-0.39, 0.29) is 18.2 Å². The third-order valence-electron chi connectivity index (χ3n) is 6.27. The first-order chi connectivity index (χ1) is 16.5. The number of aryl methyl sites for hydroxylation is 1. The van der Waals surface area contributed by atoms with E-state index in [1.807, 2.05) is 30.3 Å². The molecule has 7 heteroatoms. The van der Waals surface area contributed by atoms with Crippen molar-refractivity contribution in [2.24, 2.45) is 0 Å². The van der Waals surface area contributed by atoms with Crippen LogP contribution in [0, 0.1) is 6.92 Å². The van der Waals surface area contributed by atoms with E-state index in [1.165, 1.54) is 11.3 Å². The Labute approximate surface area is 206 Å². The minimum atomic E-state index is -0.0837. The predicted octanol–water partition coefficient (Wildman–Crippen LogP) is 4.01. The van der Waals surface area contributed by atoms with Crippen LogP contribution < -0.4 is 10.2 Å². The molecule has 0 aliphatic carbocycles. The number of carbonyl (C=O) groups excluding carboxylic acids is 2. The number of carbonyl (C=O) groups is 2. The van der Waals surface area contributed by atoms with E-state index in [0.29, 0.717) is 17.8 Å². The lowest BCUT2D eigenvalue weighted by Gasteiger charge is -2.37. The Morgan fingerprint density at radius 1 is 0.971 bits per heavy atom. The Kier molecular flexibility index (Phi) is 8.03. The fourth-order valence-electron chi connectivity index (χ4n) is 4.37. The maximum absolute atomic E-state index is 12.7. The summed E-state index contributed by atoms with van der Waals surface area (Å²) in [5.74, 6) is -0.162. The van der Waals surface area contributed by atoms with Gasteiger partial charge in [0.2, 0.25) is 11.7 Å². The standard InChI is InChI=1S/C27H31ClN4O2/c1-21-10-11-23(28)19-25(21)31-17-15-30(16-18-31)13-6-12-29-26(33)20-32-14-5-9-24(32)27(34)22-7-3-2-4-8-22/h2-5,7-11,14,19H,6,12-13,15-18,20H2,1H3,(H,29,33). The number of halogens is 1. The molecular weight excluding hydrogens is 448 g/mol. The third-order valence-corrected chi connectivity index (χ3v) is 6.50. The number of piperazine rings is 1. The lowest BCUT2D eigenvalue weighted by atomic mass is 10.1. The van der Waals surface area contributed by atoms with Crippen molar-refractivity contribution in [3.63, 3.8) is 0 Å². The van der Waals surface area contributed by atoms with E-state index < -0.39 is 0 Å². The number of nitrogens with zero attached hydrogens (tertiary/aromatic N) is 3. The summed E-state index contributed by atoms with van der Waals surface area (Å²) in [7, 11) is 0. The molecule has 0 unspecified atom stereocenters. The highest BCUT2D eigenvalue weighted by Crippen LogP contribution is 2.25. The maximum atomic E-state index is 12.7.